The van der Waals surface area contributed by atoms with Crippen LogP contribution in [0.25, 0.3) is 22.2 Å². The highest BCUT2D eigenvalue weighted by Gasteiger charge is 2.05. The third-order valence-corrected chi connectivity index (χ3v) is 4.00. The second-order valence-electron chi connectivity index (χ2n) is 5.71. The van der Waals surface area contributed by atoms with Gasteiger partial charge in [-0.1, -0.05) is 30.3 Å². The van der Waals surface area contributed by atoms with E-state index in [-0.39, 0.29) is 5.82 Å². The Morgan fingerprint density at radius 2 is 1.62 bits per heavy atom. The van der Waals surface area contributed by atoms with Gasteiger partial charge in [0.2, 0.25) is 0 Å². The van der Waals surface area contributed by atoms with Crippen molar-refractivity contribution in [3.63, 3.8) is 0 Å². The average molecular weight is 317 g/mol. The fraction of sp³-hybridized carbons (Fsp3) is 0.0476. The lowest BCUT2D eigenvalue weighted by atomic mass is 10.1. The molecule has 1 heterocycles. The van der Waals surface area contributed by atoms with Gasteiger partial charge in [0.05, 0.1) is 0 Å². The third kappa shape index (κ3) is 3.01. The molecular formula is C21H16FNO. The minimum absolute atomic E-state index is 0.230. The van der Waals surface area contributed by atoms with Gasteiger partial charge in [0.1, 0.15) is 18.2 Å². The van der Waals surface area contributed by atoms with Crippen LogP contribution >= 0.6 is 0 Å². The molecule has 3 aromatic carbocycles. The first kappa shape index (κ1) is 14.5. The second kappa shape index (κ2) is 6.20. The molecule has 0 spiro atoms. The largest absolute Gasteiger partial charge is 0.489 e. The molecule has 0 aliphatic heterocycles. The number of halogens is 1. The standard InChI is InChI=1S/C21H16FNO/c22-18-8-6-16(7-9-18)21-13-17-12-19(10-11-20(17)23-21)24-14-15-4-2-1-3-5-15/h1-13,23H,14H2. The van der Waals surface area contributed by atoms with E-state index >= 15 is 0 Å². The van der Waals surface area contributed by atoms with Crippen molar-refractivity contribution in [3.05, 3.63) is 90.2 Å². The molecule has 0 saturated heterocycles. The van der Waals surface area contributed by atoms with E-state index in [0.29, 0.717) is 6.61 Å². The van der Waals surface area contributed by atoms with Crippen molar-refractivity contribution in [1.82, 2.24) is 4.98 Å². The summed E-state index contributed by atoms with van der Waals surface area (Å²) in [6.07, 6.45) is 0. The van der Waals surface area contributed by atoms with E-state index < -0.39 is 0 Å². The van der Waals surface area contributed by atoms with Crippen LogP contribution in [-0.4, -0.2) is 4.98 Å². The highest BCUT2D eigenvalue weighted by molar-refractivity contribution is 5.86. The van der Waals surface area contributed by atoms with Gasteiger partial charge < -0.3 is 9.72 Å². The maximum absolute atomic E-state index is 13.1. The van der Waals surface area contributed by atoms with Crippen molar-refractivity contribution in [2.75, 3.05) is 0 Å². The number of aromatic nitrogens is 1. The van der Waals surface area contributed by atoms with Gasteiger partial charge in [-0.3, -0.25) is 0 Å². The Morgan fingerprint density at radius 3 is 2.42 bits per heavy atom. The van der Waals surface area contributed by atoms with Crippen LogP contribution in [0, 0.1) is 5.82 Å². The maximum Gasteiger partial charge on any atom is 0.123 e. The molecule has 0 atom stereocenters. The molecule has 3 heteroatoms. The van der Waals surface area contributed by atoms with Crippen molar-refractivity contribution in [3.8, 4) is 17.0 Å². The Labute approximate surface area is 139 Å². The van der Waals surface area contributed by atoms with Crippen LogP contribution < -0.4 is 4.74 Å². The molecule has 0 aliphatic rings. The van der Waals surface area contributed by atoms with E-state index in [0.717, 1.165) is 33.5 Å². The van der Waals surface area contributed by atoms with Crippen LogP contribution in [0.15, 0.2) is 78.9 Å². The molecule has 1 N–H and O–H groups in total. The highest BCUT2D eigenvalue weighted by Crippen LogP contribution is 2.27. The third-order valence-electron chi connectivity index (χ3n) is 4.00. The quantitative estimate of drug-likeness (QED) is 0.524. The summed E-state index contributed by atoms with van der Waals surface area (Å²) >= 11 is 0. The van der Waals surface area contributed by atoms with E-state index in [2.05, 4.69) is 11.1 Å². The van der Waals surface area contributed by atoms with Crippen molar-refractivity contribution < 1.29 is 9.13 Å². The van der Waals surface area contributed by atoms with Crippen LogP contribution in [0.3, 0.4) is 0 Å². The van der Waals surface area contributed by atoms with E-state index in [1.54, 1.807) is 12.1 Å². The normalized spacial score (nSPS) is 10.9. The molecule has 0 fully saturated rings. The van der Waals surface area contributed by atoms with Crippen LogP contribution in [0.5, 0.6) is 5.75 Å². The van der Waals surface area contributed by atoms with Crippen molar-refractivity contribution >= 4 is 10.9 Å². The highest BCUT2D eigenvalue weighted by atomic mass is 19.1. The minimum Gasteiger partial charge on any atom is -0.489 e. The van der Waals surface area contributed by atoms with E-state index in [9.17, 15) is 4.39 Å². The Hall–Kier alpha value is -3.07. The summed E-state index contributed by atoms with van der Waals surface area (Å²) in [7, 11) is 0. The maximum atomic E-state index is 13.1. The SMILES string of the molecule is Fc1ccc(-c2cc3cc(OCc4ccccc4)ccc3[nH]2)cc1. The fourth-order valence-corrected chi connectivity index (χ4v) is 2.73. The van der Waals surface area contributed by atoms with Crippen molar-refractivity contribution in [1.29, 1.82) is 0 Å². The molecule has 118 valence electrons. The van der Waals surface area contributed by atoms with Gasteiger partial charge in [0.15, 0.2) is 0 Å². The van der Waals surface area contributed by atoms with Gasteiger partial charge in [-0.15, -0.1) is 0 Å². The lowest BCUT2D eigenvalue weighted by Gasteiger charge is -2.06. The number of rotatable bonds is 4. The number of H-pyrrole nitrogens is 1. The zero-order valence-corrected chi connectivity index (χ0v) is 13.0. The predicted molar refractivity (Wildman–Crippen MR) is 94.5 cm³/mol. The monoisotopic (exact) mass is 317 g/mol. The average Bonchev–Trinajstić information content (AvgIpc) is 3.05. The molecule has 4 rings (SSSR count). The van der Waals surface area contributed by atoms with Gasteiger partial charge >= 0.3 is 0 Å². The number of fused-ring (bicyclic) bond motifs is 1. The first-order valence-corrected chi connectivity index (χ1v) is 7.83. The van der Waals surface area contributed by atoms with Gasteiger partial charge in [-0.2, -0.15) is 0 Å². The van der Waals surface area contributed by atoms with Crippen LogP contribution in [0.1, 0.15) is 5.56 Å². The minimum atomic E-state index is -0.230. The Kier molecular flexibility index (Phi) is 3.75. The number of aromatic amines is 1. The van der Waals surface area contributed by atoms with Gasteiger partial charge in [0, 0.05) is 16.6 Å². The summed E-state index contributed by atoms with van der Waals surface area (Å²) in [5.41, 5.74) is 4.09. The van der Waals surface area contributed by atoms with E-state index in [1.165, 1.54) is 12.1 Å². The summed E-state index contributed by atoms with van der Waals surface area (Å²) in [6.45, 7) is 0.543. The van der Waals surface area contributed by atoms with Gasteiger partial charge in [-0.25, -0.2) is 4.39 Å². The summed E-state index contributed by atoms with van der Waals surface area (Å²) in [5.74, 6) is 0.600. The number of ether oxygens (including phenoxy) is 1. The molecule has 24 heavy (non-hydrogen) atoms. The number of hydrogen-bond donors (Lipinski definition) is 1. The van der Waals surface area contributed by atoms with Crippen molar-refractivity contribution in [2.45, 2.75) is 6.61 Å². The summed E-state index contributed by atoms with van der Waals surface area (Å²) in [4.78, 5) is 3.35. The van der Waals surface area contributed by atoms with Crippen LogP contribution in [-0.2, 0) is 6.61 Å². The molecule has 4 aromatic rings. The Bertz CT molecular complexity index is 958. The second-order valence-corrected chi connectivity index (χ2v) is 5.71. The molecule has 0 radical (unpaired) electrons. The van der Waals surface area contributed by atoms with E-state index in [1.807, 2.05) is 48.5 Å². The topological polar surface area (TPSA) is 25.0 Å². The van der Waals surface area contributed by atoms with E-state index in [4.69, 9.17) is 4.74 Å². The Morgan fingerprint density at radius 1 is 0.833 bits per heavy atom. The molecule has 1 aromatic heterocycles. The zero-order chi connectivity index (χ0) is 16.4. The first-order valence-electron chi connectivity index (χ1n) is 7.83. The summed E-state index contributed by atoms with van der Waals surface area (Å²) in [6, 6.07) is 24.6. The number of hydrogen-bond acceptors (Lipinski definition) is 1. The first-order chi connectivity index (χ1) is 11.8. The van der Waals surface area contributed by atoms with Crippen LogP contribution in [0.2, 0.25) is 0 Å². The van der Waals surface area contributed by atoms with Gasteiger partial charge in [0.25, 0.3) is 0 Å². The lowest BCUT2D eigenvalue weighted by molar-refractivity contribution is 0.306. The van der Waals surface area contributed by atoms with Crippen LogP contribution in [0.4, 0.5) is 4.39 Å². The molecule has 0 unspecified atom stereocenters. The summed E-state index contributed by atoms with van der Waals surface area (Å²) in [5, 5.41) is 1.07. The smallest absolute Gasteiger partial charge is 0.123 e. The molecule has 0 aliphatic carbocycles. The predicted octanol–water partition coefficient (Wildman–Crippen LogP) is 5.55. The number of nitrogens with one attached hydrogen (secondary N) is 1. The molecule has 0 saturated carbocycles. The molecule has 0 amide bonds. The zero-order valence-electron chi connectivity index (χ0n) is 13.0. The van der Waals surface area contributed by atoms with Gasteiger partial charge in [-0.05, 0) is 59.7 Å². The lowest BCUT2D eigenvalue weighted by Crippen LogP contribution is -1.94. The summed E-state index contributed by atoms with van der Waals surface area (Å²) < 4.78 is 18.9. The molecular weight excluding hydrogens is 301 g/mol. The molecule has 2 nitrogen and oxygen atoms in total. The Balaban J connectivity index is 1.58. The fourth-order valence-electron chi connectivity index (χ4n) is 2.73. The molecule has 0 bridgehead atoms. The number of benzene rings is 3. The van der Waals surface area contributed by atoms with Crippen molar-refractivity contribution in [2.24, 2.45) is 0 Å².